The van der Waals surface area contributed by atoms with Crippen molar-refractivity contribution in [2.45, 2.75) is 24.5 Å². The summed E-state index contributed by atoms with van der Waals surface area (Å²) < 4.78 is 45.3. The highest BCUT2D eigenvalue weighted by Gasteiger charge is 2.46. The first-order chi connectivity index (χ1) is 11.4. The number of nitrogens with zero attached hydrogens (tertiary/aromatic N) is 1. The topological polar surface area (TPSA) is 74.3 Å². The van der Waals surface area contributed by atoms with Gasteiger partial charge in [0.25, 0.3) is 10.1 Å². The molecule has 8 heteroatoms. The molecule has 0 aromatic rings. The van der Waals surface area contributed by atoms with E-state index in [1.165, 1.54) is 7.11 Å². The van der Waals surface area contributed by atoms with Crippen molar-refractivity contribution < 1.29 is 26.8 Å². The van der Waals surface area contributed by atoms with Crippen LogP contribution in [0.4, 0.5) is 0 Å². The van der Waals surface area contributed by atoms with Crippen molar-refractivity contribution in [2.75, 3.05) is 39.7 Å². The molecule has 0 aromatic heterocycles. The van der Waals surface area contributed by atoms with Crippen molar-refractivity contribution >= 4 is 10.1 Å². The van der Waals surface area contributed by atoms with Crippen molar-refractivity contribution in [3.8, 4) is 0 Å². The Morgan fingerprint density at radius 3 is 2.29 bits per heavy atom. The molecule has 0 spiro atoms. The zero-order valence-electron chi connectivity index (χ0n) is 14.3. The number of hydrogen-bond acceptors (Lipinski definition) is 7. The van der Waals surface area contributed by atoms with Crippen LogP contribution in [0.25, 0.3) is 0 Å². The summed E-state index contributed by atoms with van der Waals surface area (Å²) in [5, 5.41) is 0. The Hall–Kier alpha value is -1.03. The first-order valence-corrected chi connectivity index (χ1v) is 9.40. The van der Waals surface area contributed by atoms with Crippen LogP contribution in [0, 0.1) is 0 Å². The lowest BCUT2D eigenvalue weighted by Gasteiger charge is -2.45. The normalized spacial score (nSPS) is 27.8. The van der Waals surface area contributed by atoms with Gasteiger partial charge in [-0.05, 0) is 0 Å². The highest BCUT2D eigenvalue weighted by Crippen LogP contribution is 2.27. The molecule has 0 saturated carbocycles. The number of hydrogen-bond donors (Lipinski definition) is 0. The molecule has 1 fully saturated rings. The molecule has 4 atom stereocenters. The summed E-state index contributed by atoms with van der Waals surface area (Å²) in [6, 6.07) is -0.422. The average Bonchev–Trinajstić information content (AvgIpc) is 2.51. The monoisotopic (exact) mass is 361 g/mol. The summed E-state index contributed by atoms with van der Waals surface area (Å²) >= 11 is 0. The van der Waals surface area contributed by atoms with Gasteiger partial charge in [0, 0.05) is 20.2 Å². The maximum atomic E-state index is 11.7. The van der Waals surface area contributed by atoms with E-state index in [1.54, 1.807) is 18.2 Å². The molecule has 0 bridgehead atoms. The largest absolute Gasteiger partial charge is 0.370 e. The van der Waals surface area contributed by atoms with E-state index in [-0.39, 0.29) is 6.61 Å². The fourth-order valence-electron chi connectivity index (χ4n) is 2.69. The lowest BCUT2D eigenvalue weighted by molar-refractivity contribution is -0.247. The molecule has 7 nitrogen and oxygen atoms in total. The molecular weight excluding hydrogens is 334 g/mol. The third-order valence-electron chi connectivity index (χ3n) is 3.51. The minimum atomic E-state index is -3.72. The second-order valence-electron chi connectivity index (χ2n) is 5.38. The molecule has 0 unspecified atom stereocenters. The highest BCUT2D eigenvalue weighted by atomic mass is 32.2. The third-order valence-corrected chi connectivity index (χ3v) is 4.08. The van der Waals surface area contributed by atoms with Gasteiger partial charge in [0.05, 0.1) is 31.6 Å². The fraction of sp³-hybridized carbons (Fsp3) is 0.625. The van der Waals surface area contributed by atoms with E-state index in [1.807, 2.05) is 4.90 Å². The third kappa shape index (κ3) is 6.12. The molecule has 1 saturated heterocycles. The van der Waals surface area contributed by atoms with E-state index in [2.05, 4.69) is 19.7 Å². The Labute approximate surface area is 144 Å². The van der Waals surface area contributed by atoms with Gasteiger partial charge in [0.15, 0.2) is 6.29 Å². The Kier molecular flexibility index (Phi) is 8.82. The molecule has 0 N–H and O–H groups in total. The molecule has 1 heterocycles. The maximum absolute atomic E-state index is 11.7. The van der Waals surface area contributed by atoms with Gasteiger partial charge in [-0.15, -0.1) is 19.7 Å². The van der Waals surface area contributed by atoms with Gasteiger partial charge in [0.2, 0.25) is 0 Å². The van der Waals surface area contributed by atoms with Gasteiger partial charge in [-0.1, -0.05) is 18.2 Å². The van der Waals surface area contributed by atoms with Crippen LogP contribution in [0.2, 0.25) is 0 Å². The van der Waals surface area contributed by atoms with Crippen LogP contribution in [0.3, 0.4) is 0 Å². The van der Waals surface area contributed by atoms with Gasteiger partial charge >= 0.3 is 0 Å². The van der Waals surface area contributed by atoms with Crippen LogP contribution in [0.15, 0.2) is 38.0 Å². The average molecular weight is 361 g/mol. The van der Waals surface area contributed by atoms with E-state index >= 15 is 0 Å². The van der Waals surface area contributed by atoms with Crippen molar-refractivity contribution in [2.24, 2.45) is 0 Å². The molecule has 1 aliphatic heterocycles. The molecule has 138 valence electrons. The minimum absolute atomic E-state index is 0.241. The molecule has 1 aliphatic rings. The Bertz CT molecular complexity index is 511. The van der Waals surface area contributed by atoms with Gasteiger partial charge in [-0.2, -0.15) is 8.42 Å². The zero-order chi connectivity index (χ0) is 18.2. The number of rotatable bonds is 11. The molecule has 0 aliphatic carbocycles. The summed E-state index contributed by atoms with van der Waals surface area (Å²) in [7, 11) is -2.28. The van der Waals surface area contributed by atoms with Crippen LogP contribution >= 0.6 is 0 Å². The van der Waals surface area contributed by atoms with Crippen LogP contribution in [0.1, 0.15) is 0 Å². The van der Waals surface area contributed by atoms with E-state index in [4.69, 9.17) is 18.4 Å². The Balaban J connectivity index is 3.20. The van der Waals surface area contributed by atoms with E-state index in [0.717, 1.165) is 6.26 Å². The first kappa shape index (κ1) is 21.0. The molecule has 24 heavy (non-hydrogen) atoms. The second-order valence-corrected chi connectivity index (χ2v) is 6.99. The lowest BCUT2D eigenvalue weighted by atomic mass is 9.99. The molecule has 0 radical (unpaired) electrons. The van der Waals surface area contributed by atoms with Gasteiger partial charge in [-0.3, -0.25) is 9.08 Å². The van der Waals surface area contributed by atoms with Gasteiger partial charge in [-0.25, -0.2) is 0 Å². The van der Waals surface area contributed by atoms with Crippen LogP contribution < -0.4 is 0 Å². The lowest BCUT2D eigenvalue weighted by Crippen LogP contribution is -2.62. The maximum Gasteiger partial charge on any atom is 0.264 e. The molecule has 0 amide bonds. The minimum Gasteiger partial charge on any atom is -0.370 e. The van der Waals surface area contributed by atoms with Gasteiger partial charge in [0.1, 0.15) is 6.10 Å². The van der Waals surface area contributed by atoms with Crippen LogP contribution in [0.5, 0.6) is 0 Å². The van der Waals surface area contributed by atoms with E-state index in [0.29, 0.717) is 19.7 Å². The SMILES string of the molecule is C=CCO[C@@H]1CO[C@@H](OC)[C@H](OS(C)(=O)=O)[C@H]1N(CC=C)CC=C. The summed E-state index contributed by atoms with van der Waals surface area (Å²) in [5.41, 5.74) is 0. The number of methoxy groups -OCH3 is 1. The van der Waals surface area contributed by atoms with Gasteiger partial charge < -0.3 is 14.2 Å². The van der Waals surface area contributed by atoms with E-state index in [9.17, 15) is 8.42 Å². The number of ether oxygens (including phenoxy) is 3. The molecular formula is C16H27NO6S. The Morgan fingerprint density at radius 2 is 1.83 bits per heavy atom. The predicted octanol–water partition coefficient (Wildman–Crippen LogP) is 0.948. The molecule has 1 rings (SSSR count). The summed E-state index contributed by atoms with van der Waals surface area (Å²) in [6.45, 7) is 12.7. The van der Waals surface area contributed by atoms with Crippen LogP contribution in [-0.4, -0.2) is 77.5 Å². The van der Waals surface area contributed by atoms with Crippen molar-refractivity contribution in [1.82, 2.24) is 4.90 Å². The fourth-order valence-corrected chi connectivity index (χ4v) is 3.30. The highest BCUT2D eigenvalue weighted by molar-refractivity contribution is 7.86. The van der Waals surface area contributed by atoms with Crippen molar-refractivity contribution in [1.29, 1.82) is 0 Å². The van der Waals surface area contributed by atoms with Crippen molar-refractivity contribution in [3.63, 3.8) is 0 Å². The predicted molar refractivity (Wildman–Crippen MR) is 92.2 cm³/mol. The second kappa shape index (κ2) is 10.1. The Morgan fingerprint density at radius 1 is 1.21 bits per heavy atom. The zero-order valence-corrected chi connectivity index (χ0v) is 15.1. The van der Waals surface area contributed by atoms with Crippen LogP contribution in [-0.2, 0) is 28.5 Å². The summed E-state index contributed by atoms with van der Waals surface area (Å²) in [4.78, 5) is 1.97. The summed E-state index contributed by atoms with van der Waals surface area (Å²) in [6.07, 6.45) is 3.94. The smallest absolute Gasteiger partial charge is 0.264 e. The standard InChI is InChI=1S/C16H27NO6S/c1-6-9-17(10-7-2)14-13(21-11-8-3)12-22-16(20-4)15(14)23-24(5,18)19/h6-8,13-16H,1-3,9-12H2,4-5H3/t13-,14+,15-,16-/m1/s1. The van der Waals surface area contributed by atoms with E-state index < -0.39 is 34.7 Å². The quantitative estimate of drug-likeness (QED) is 0.401. The molecule has 0 aromatic carbocycles. The van der Waals surface area contributed by atoms with Crippen molar-refractivity contribution in [3.05, 3.63) is 38.0 Å². The first-order valence-electron chi connectivity index (χ1n) is 7.59. The summed E-state index contributed by atoms with van der Waals surface area (Å²) in [5.74, 6) is 0.